The number of halogens is 2. The third kappa shape index (κ3) is 5.76. The van der Waals surface area contributed by atoms with E-state index < -0.39 is 0 Å². The van der Waals surface area contributed by atoms with Crippen LogP contribution in [0.3, 0.4) is 0 Å². The van der Waals surface area contributed by atoms with E-state index in [1.54, 1.807) is 24.3 Å². The molecule has 0 saturated carbocycles. The first-order valence-corrected chi connectivity index (χ1v) is 9.63. The first kappa shape index (κ1) is 18.8. The number of anilines is 1. The first-order valence-electron chi connectivity index (χ1n) is 7.47. The van der Waals surface area contributed by atoms with E-state index >= 15 is 0 Å². The van der Waals surface area contributed by atoms with Gasteiger partial charge in [0.15, 0.2) is 6.61 Å². The molecule has 0 aliphatic heterocycles. The Kier molecular flexibility index (Phi) is 6.54. The van der Waals surface area contributed by atoms with Crippen molar-refractivity contribution in [3.05, 3.63) is 63.9 Å². The zero-order chi connectivity index (χ0) is 18.4. The molecule has 0 saturated heterocycles. The van der Waals surface area contributed by atoms with E-state index in [-0.39, 0.29) is 18.3 Å². The number of hydrogen-bond acceptors (Lipinski definition) is 6. The van der Waals surface area contributed by atoms with Gasteiger partial charge in [0.05, 0.1) is 5.75 Å². The molecule has 1 amide bonds. The van der Waals surface area contributed by atoms with Gasteiger partial charge < -0.3 is 14.5 Å². The van der Waals surface area contributed by atoms with Crippen LogP contribution in [0.4, 0.5) is 5.69 Å². The summed E-state index contributed by atoms with van der Waals surface area (Å²) < 4.78 is 12.0. The zero-order valence-corrected chi connectivity index (χ0v) is 16.5. The molecule has 134 valence electrons. The predicted molar refractivity (Wildman–Crippen MR) is 104 cm³/mol. The van der Waals surface area contributed by atoms with Crippen LogP contribution in [0.1, 0.15) is 5.89 Å². The summed E-state index contributed by atoms with van der Waals surface area (Å²) in [6.45, 7) is 0.157. The van der Waals surface area contributed by atoms with Crippen LogP contribution >= 0.6 is 39.3 Å². The molecule has 0 fully saturated rings. The summed E-state index contributed by atoms with van der Waals surface area (Å²) in [5.74, 6) is 0.983. The average Bonchev–Trinajstić information content (AvgIpc) is 3.07. The average molecular weight is 455 g/mol. The molecule has 0 aliphatic carbocycles. The highest BCUT2D eigenvalue weighted by molar-refractivity contribution is 9.10. The van der Waals surface area contributed by atoms with E-state index in [9.17, 15) is 4.79 Å². The zero-order valence-electron chi connectivity index (χ0n) is 13.3. The molecule has 6 nitrogen and oxygen atoms in total. The van der Waals surface area contributed by atoms with Gasteiger partial charge in [0.25, 0.3) is 11.1 Å². The van der Waals surface area contributed by atoms with Crippen molar-refractivity contribution in [1.29, 1.82) is 0 Å². The Morgan fingerprint density at radius 1 is 1.23 bits per heavy atom. The monoisotopic (exact) mass is 453 g/mol. The smallest absolute Gasteiger partial charge is 0.277 e. The summed E-state index contributed by atoms with van der Waals surface area (Å²) >= 11 is 10.4. The quantitative estimate of drug-likeness (QED) is 0.517. The summed E-state index contributed by atoms with van der Waals surface area (Å²) in [6.07, 6.45) is 0. The van der Waals surface area contributed by atoms with Crippen LogP contribution in [0.25, 0.3) is 0 Å². The van der Waals surface area contributed by atoms with Gasteiger partial charge in [0, 0.05) is 15.2 Å². The van der Waals surface area contributed by atoms with E-state index in [2.05, 4.69) is 31.4 Å². The highest BCUT2D eigenvalue weighted by Gasteiger charge is 2.10. The maximum Gasteiger partial charge on any atom is 0.277 e. The largest absolute Gasteiger partial charge is 0.484 e. The van der Waals surface area contributed by atoms with Gasteiger partial charge in [-0.05, 0) is 42.5 Å². The maximum absolute atomic E-state index is 11.9. The van der Waals surface area contributed by atoms with Crippen molar-refractivity contribution in [3.8, 4) is 5.75 Å². The highest BCUT2D eigenvalue weighted by Crippen LogP contribution is 2.20. The Balaban J connectivity index is 1.45. The topological polar surface area (TPSA) is 77.2 Å². The van der Waals surface area contributed by atoms with Gasteiger partial charge in [0.2, 0.25) is 5.91 Å². The Morgan fingerprint density at radius 3 is 2.81 bits per heavy atom. The minimum atomic E-state index is -0.192. The first-order chi connectivity index (χ1) is 12.6. The molecule has 0 atom stereocenters. The molecule has 0 spiro atoms. The summed E-state index contributed by atoms with van der Waals surface area (Å²) in [6, 6.07) is 14.4. The van der Waals surface area contributed by atoms with E-state index in [0.717, 1.165) is 16.2 Å². The summed E-state index contributed by atoms with van der Waals surface area (Å²) in [5, 5.41) is 11.4. The van der Waals surface area contributed by atoms with Crippen molar-refractivity contribution in [3.63, 3.8) is 0 Å². The molecule has 0 aliphatic rings. The predicted octanol–water partition coefficient (Wildman–Crippen LogP) is 4.80. The minimum Gasteiger partial charge on any atom is -0.484 e. The highest BCUT2D eigenvalue weighted by atomic mass is 79.9. The molecular weight excluding hydrogens is 442 g/mol. The number of hydrogen-bond donors (Lipinski definition) is 1. The number of amides is 1. The third-order valence-corrected chi connectivity index (χ3v) is 4.64. The Labute approximate surface area is 167 Å². The fraction of sp³-hybridized carbons (Fsp3) is 0.118. The third-order valence-electron chi connectivity index (χ3n) is 3.06. The molecule has 1 aromatic heterocycles. The maximum atomic E-state index is 11.9. The molecular formula is C17H13BrClN3O3S. The van der Waals surface area contributed by atoms with Crippen LogP contribution in [-0.4, -0.2) is 21.9 Å². The van der Waals surface area contributed by atoms with E-state index in [1.165, 1.54) is 0 Å². The second-order valence-corrected chi connectivity index (χ2v) is 7.33. The van der Waals surface area contributed by atoms with Crippen molar-refractivity contribution < 1.29 is 13.9 Å². The van der Waals surface area contributed by atoms with Crippen LogP contribution < -0.4 is 10.1 Å². The van der Waals surface area contributed by atoms with Crippen LogP contribution in [0.2, 0.25) is 5.02 Å². The van der Waals surface area contributed by atoms with Gasteiger partial charge in [-0.3, -0.25) is 4.79 Å². The van der Waals surface area contributed by atoms with Crippen molar-refractivity contribution in [2.75, 3.05) is 11.1 Å². The van der Waals surface area contributed by atoms with Crippen molar-refractivity contribution in [2.45, 2.75) is 11.8 Å². The molecule has 1 heterocycles. The summed E-state index contributed by atoms with van der Waals surface area (Å²) in [5.41, 5.74) is 0.636. The lowest BCUT2D eigenvalue weighted by atomic mass is 10.3. The van der Waals surface area contributed by atoms with Crippen molar-refractivity contribution in [1.82, 2.24) is 10.2 Å². The lowest BCUT2D eigenvalue weighted by Crippen LogP contribution is -2.13. The molecule has 2 aromatic carbocycles. The molecule has 0 bridgehead atoms. The second-order valence-electron chi connectivity index (χ2n) is 5.05. The van der Waals surface area contributed by atoms with E-state index in [4.69, 9.17) is 20.8 Å². The van der Waals surface area contributed by atoms with Crippen LogP contribution in [0.5, 0.6) is 5.75 Å². The number of thioether (sulfide) groups is 1. The normalized spacial score (nSPS) is 10.5. The molecule has 3 aromatic rings. The molecule has 1 N–H and O–H groups in total. The fourth-order valence-corrected chi connectivity index (χ4v) is 2.96. The number of aromatic nitrogens is 2. The van der Waals surface area contributed by atoms with Crippen LogP contribution in [-0.2, 0) is 11.4 Å². The summed E-state index contributed by atoms with van der Waals surface area (Å²) in [4.78, 5) is 11.9. The Bertz CT molecular complexity index is 889. The number of benzene rings is 2. The van der Waals surface area contributed by atoms with Crippen molar-refractivity contribution in [2.24, 2.45) is 0 Å². The van der Waals surface area contributed by atoms with Gasteiger partial charge in [-0.15, -0.1) is 10.2 Å². The van der Waals surface area contributed by atoms with Gasteiger partial charge >= 0.3 is 0 Å². The van der Waals surface area contributed by atoms with Gasteiger partial charge in [0.1, 0.15) is 5.75 Å². The van der Waals surface area contributed by atoms with Crippen molar-refractivity contribution >= 4 is 50.9 Å². The second kappa shape index (κ2) is 9.07. The Hall–Kier alpha value is -2.03. The van der Waals surface area contributed by atoms with Crippen LogP contribution in [0.15, 0.2) is 62.6 Å². The number of carbonyl (C=O) groups is 1. The number of rotatable bonds is 7. The van der Waals surface area contributed by atoms with Crippen LogP contribution in [0, 0.1) is 0 Å². The van der Waals surface area contributed by atoms with Gasteiger partial charge in [-0.2, -0.15) is 0 Å². The number of nitrogens with one attached hydrogen (secondary N) is 1. The van der Waals surface area contributed by atoms with E-state index in [1.807, 2.05) is 24.3 Å². The number of ether oxygens (including phenoxy) is 1. The standard InChI is InChI=1S/C17H13BrClN3O3S/c18-11-4-6-14(7-5-11)24-9-16-21-22-17(25-16)26-10-15(23)20-13-3-1-2-12(19)8-13/h1-8H,9-10H2,(H,20,23). The lowest BCUT2D eigenvalue weighted by molar-refractivity contribution is -0.113. The SMILES string of the molecule is O=C(CSc1nnc(COc2ccc(Br)cc2)o1)Nc1cccc(Cl)c1. The van der Waals surface area contributed by atoms with Gasteiger partial charge in [-0.25, -0.2) is 0 Å². The minimum absolute atomic E-state index is 0.141. The number of carbonyl (C=O) groups excluding carboxylic acids is 1. The lowest BCUT2D eigenvalue weighted by Gasteiger charge is -2.04. The molecule has 0 radical (unpaired) electrons. The molecule has 9 heteroatoms. The van der Waals surface area contributed by atoms with E-state index in [0.29, 0.717) is 27.6 Å². The van der Waals surface area contributed by atoms with Gasteiger partial charge in [-0.1, -0.05) is 45.4 Å². The summed E-state index contributed by atoms with van der Waals surface area (Å²) in [7, 11) is 0. The Morgan fingerprint density at radius 2 is 2.04 bits per heavy atom. The number of nitrogens with zero attached hydrogens (tertiary/aromatic N) is 2. The molecule has 26 heavy (non-hydrogen) atoms. The fourth-order valence-electron chi connectivity index (χ4n) is 1.92. The molecule has 0 unspecified atom stereocenters. The molecule has 3 rings (SSSR count).